The number of alkyl halides is 3. The molecule has 11 heteroatoms. The van der Waals surface area contributed by atoms with E-state index in [1.807, 2.05) is 11.0 Å². The van der Waals surface area contributed by atoms with Crippen LogP contribution in [-0.2, 0) is 0 Å². The molecule has 2 amide bonds. The summed E-state index contributed by atoms with van der Waals surface area (Å²) < 4.78 is 37.5. The Kier molecular flexibility index (Phi) is 5.92. The molecule has 0 atom stereocenters. The molecule has 4 rings (SSSR count). The number of H-pyrrole nitrogens is 1. The Morgan fingerprint density at radius 3 is 2.58 bits per heavy atom. The molecular formula is C20H20ClF3N6O. The molecule has 31 heavy (non-hydrogen) atoms. The zero-order valence-corrected chi connectivity index (χ0v) is 17.1. The molecule has 3 aromatic rings. The summed E-state index contributed by atoms with van der Waals surface area (Å²) in [4.78, 5) is 23.0. The lowest BCUT2D eigenvalue weighted by Gasteiger charge is -2.35. The summed E-state index contributed by atoms with van der Waals surface area (Å²) in [5.41, 5.74) is 1.94. The average molecular weight is 453 g/mol. The zero-order valence-electron chi connectivity index (χ0n) is 16.3. The summed E-state index contributed by atoms with van der Waals surface area (Å²) in [6.07, 6.45) is -0.989. The number of nitrogens with one attached hydrogen (secondary N) is 3. The van der Waals surface area contributed by atoms with Gasteiger partial charge in [-0.25, -0.2) is 9.78 Å². The second kappa shape index (κ2) is 8.64. The number of benzene rings is 1. The topological polar surface area (TPSA) is 76.3 Å². The fraction of sp³-hybridized carbons (Fsp3) is 0.300. The smallest absolute Gasteiger partial charge is 0.359 e. The Morgan fingerprint density at radius 2 is 1.90 bits per heavy atom. The van der Waals surface area contributed by atoms with E-state index >= 15 is 0 Å². The highest BCUT2D eigenvalue weighted by Crippen LogP contribution is 2.26. The van der Waals surface area contributed by atoms with E-state index in [1.165, 1.54) is 11.1 Å². The molecule has 1 aliphatic rings. The monoisotopic (exact) mass is 452 g/mol. The van der Waals surface area contributed by atoms with Crippen molar-refractivity contribution in [3.8, 4) is 0 Å². The quantitative estimate of drug-likeness (QED) is 0.543. The first-order chi connectivity index (χ1) is 14.8. The number of hydrogen-bond donors (Lipinski definition) is 3. The lowest BCUT2D eigenvalue weighted by molar-refractivity contribution is -0.146. The number of nitrogens with zero attached hydrogens (tertiary/aromatic N) is 3. The second-order valence-electron chi connectivity index (χ2n) is 7.25. The molecule has 0 bridgehead atoms. The SMILES string of the molecule is O=C(Nc1ccc(N2CCN(CC(F)(F)F)CC2)nc1)Nc1c[nH]c2ccc(Cl)cc12. The van der Waals surface area contributed by atoms with Crippen LogP contribution in [0.2, 0.25) is 5.02 Å². The first kappa shape index (κ1) is 21.3. The van der Waals surface area contributed by atoms with Crippen LogP contribution in [0.4, 0.5) is 35.2 Å². The van der Waals surface area contributed by atoms with Gasteiger partial charge in [-0.3, -0.25) is 4.90 Å². The normalized spacial score (nSPS) is 15.3. The first-order valence-corrected chi connectivity index (χ1v) is 9.99. The molecule has 0 spiro atoms. The fourth-order valence-corrected chi connectivity index (χ4v) is 3.69. The fourth-order valence-electron chi connectivity index (χ4n) is 3.52. The minimum absolute atomic E-state index is 0.318. The third-order valence-corrected chi connectivity index (χ3v) is 5.23. The minimum atomic E-state index is -4.19. The van der Waals surface area contributed by atoms with Crippen LogP contribution in [0, 0.1) is 0 Å². The molecule has 0 radical (unpaired) electrons. The van der Waals surface area contributed by atoms with Crippen molar-refractivity contribution in [2.45, 2.75) is 6.18 Å². The van der Waals surface area contributed by atoms with Crippen LogP contribution in [0.5, 0.6) is 0 Å². The predicted octanol–water partition coefficient (Wildman–Crippen LogP) is 4.54. The van der Waals surface area contributed by atoms with Gasteiger partial charge in [-0.1, -0.05) is 11.6 Å². The lowest BCUT2D eigenvalue weighted by Crippen LogP contribution is -2.49. The number of aromatic amines is 1. The maximum absolute atomic E-state index is 12.5. The summed E-state index contributed by atoms with van der Waals surface area (Å²) >= 11 is 6.02. The highest BCUT2D eigenvalue weighted by molar-refractivity contribution is 6.31. The standard InChI is InChI=1S/C20H20ClF3N6O/c21-13-1-3-16-15(9-13)17(11-25-16)28-19(31)27-14-2-4-18(26-10-14)30-7-5-29(6-8-30)12-20(22,23)24/h1-4,9-11,25H,5-8,12H2,(H2,27,28,31). The van der Waals surface area contributed by atoms with Crippen molar-refractivity contribution in [1.29, 1.82) is 0 Å². The van der Waals surface area contributed by atoms with Crippen LogP contribution in [0.1, 0.15) is 0 Å². The van der Waals surface area contributed by atoms with Gasteiger partial charge in [0.25, 0.3) is 0 Å². The summed E-state index contributed by atoms with van der Waals surface area (Å²) in [7, 11) is 0. The number of pyridine rings is 1. The molecule has 0 unspecified atom stereocenters. The van der Waals surface area contributed by atoms with E-state index < -0.39 is 18.8 Å². The molecule has 0 aliphatic carbocycles. The van der Waals surface area contributed by atoms with Crippen molar-refractivity contribution in [3.63, 3.8) is 0 Å². The summed E-state index contributed by atoms with van der Waals surface area (Å²) in [6.45, 7) is 0.657. The lowest BCUT2D eigenvalue weighted by atomic mass is 10.2. The van der Waals surface area contributed by atoms with Gasteiger partial charge in [0.2, 0.25) is 0 Å². The van der Waals surface area contributed by atoms with Crippen molar-refractivity contribution < 1.29 is 18.0 Å². The Bertz CT molecular complexity index is 1060. The average Bonchev–Trinajstić information content (AvgIpc) is 3.10. The molecular weight excluding hydrogens is 433 g/mol. The number of halogens is 4. The Morgan fingerprint density at radius 1 is 1.13 bits per heavy atom. The van der Waals surface area contributed by atoms with Crippen LogP contribution in [0.25, 0.3) is 10.9 Å². The van der Waals surface area contributed by atoms with Crippen LogP contribution < -0.4 is 15.5 Å². The van der Waals surface area contributed by atoms with E-state index in [9.17, 15) is 18.0 Å². The molecule has 0 saturated carbocycles. The number of anilines is 3. The van der Waals surface area contributed by atoms with E-state index in [4.69, 9.17) is 11.6 Å². The van der Waals surface area contributed by atoms with Gasteiger partial charge in [-0.05, 0) is 30.3 Å². The third kappa shape index (κ3) is 5.39. The molecule has 1 aliphatic heterocycles. The number of aromatic nitrogens is 2. The van der Waals surface area contributed by atoms with Crippen molar-refractivity contribution >= 4 is 45.7 Å². The number of urea groups is 1. The third-order valence-electron chi connectivity index (χ3n) is 5.00. The van der Waals surface area contributed by atoms with Gasteiger partial charge < -0.3 is 20.5 Å². The Labute approximate surface area is 181 Å². The number of carbonyl (C=O) groups excluding carboxylic acids is 1. The van der Waals surface area contributed by atoms with Crippen molar-refractivity contribution in [2.75, 3.05) is 48.3 Å². The van der Waals surface area contributed by atoms with E-state index in [0.717, 1.165) is 10.9 Å². The molecule has 2 aromatic heterocycles. The second-order valence-corrected chi connectivity index (χ2v) is 7.69. The molecule has 7 nitrogen and oxygen atoms in total. The van der Waals surface area contributed by atoms with Crippen molar-refractivity contribution in [3.05, 3.63) is 47.7 Å². The Hall–Kier alpha value is -2.98. The van der Waals surface area contributed by atoms with Crippen molar-refractivity contribution in [1.82, 2.24) is 14.9 Å². The highest BCUT2D eigenvalue weighted by atomic mass is 35.5. The van der Waals surface area contributed by atoms with Gasteiger partial charge in [0.05, 0.1) is 24.1 Å². The van der Waals surface area contributed by atoms with Crippen LogP contribution in [0.15, 0.2) is 42.7 Å². The van der Waals surface area contributed by atoms with E-state index in [1.54, 1.807) is 30.5 Å². The molecule has 1 aromatic carbocycles. The highest BCUT2D eigenvalue weighted by Gasteiger charge is 2.32. The van der Waals surface area contributed by atoms with Gasteiger partial charge in [-0.15, -0.1) is 0 Å². The van der Waals surface area contributed by atoms with Gasteiger partial charge in [0, 0.05) is 48.3 Å². The first-order valence-electron chi connectivity index (χ1n) is 9.61. The molecule has 3 heterocycles. The zero-order chi connectivity index (χ0) is 22.0. The number of carbonyl (C=O) groups is 1. The number of rotatable bonds is 4. The maximum Gasteiger partial charge on any atom is 0.401 e. The van der Waals surface area contributed by atoms with Crippen molar-refractivity contribution in [2.24, 2.45) is 0 Å². The van der Waals surface area contributed by atoms with Gasteiger partial charge in [0.15, 0.2) is 0 Å². The summed E-state index contributed by atoms with van der Waals surface area (Å²) in [5, 5.41) is 6.83. The number of piperazine rings is 1. The molecule has 164 valence electrons. The maximum atomic E-state index is 12.5. The summed E-state index contributed by atoms with van der Waals surface area (Å²) in [5.74, 6) is 0.656. The van der Waals surface area contributed by atoms with Crippen LogP contribution in [-0.4, -0.2) is 59.8 Å². The van der Waals surface area contributed by atoms with Crippen LogP contribution in [0.3, 0.4) is 0 Å². The van der Waals surface area contributed by atoms with Gasteiger partial charge in [-0.2, -0.15) is 13.2 Å². The molecule has 1 saturated heterocycles. The van der Waals surface area contributed by atoms with E-state index in [2.05, 4.69) is 20.6 Å². The Balaban J connectivity index is 1.32. The number of fused-ring (bicyclic) bond motifs is 1. The minimum Gasteiger partial charge on any atom is -0.359 e. The van der Waals surface area contributed by atoms with E-state index in [-0.39, 0.29) is 0 Å². The van der Waals surface area contributed by atoms with Crippen LogP contribution >= 0.6 is 11.6 Å². The van der Waals surface area contributed by atoms with Gasteiger partial charge >= 0.3 is 12.2 Å². The summed E-state index contributed by atoms with van der Waals surface area (Å²) in [6, 6.07) is 8.35. The number of hydrogen-bond acceptors (Lipinski definition) is 4. The largest absolute Gasteiger partial charge is 0.401 e. The molecule has 3 N–H and O–H groups in total. The number of amides is 2. The van der Waals surface area contributed by atoms with E-state index in [0.29, 0.717) is 48.4 Å². The molecule has 1 fully saturated rings. The predicted molar refractivity (Wildman–Crippen MR) is 115 cm³/mol. The van der Waals surface area contributed by atoms with Gasteiger partial charge in [0.1, 0.15) is 5.82 Å².